The Morgan fingerprint density at radius 1 is 1.11 bits per heavy atom. The van der Waals surface area contributed by atoms with Gasteiger partial charge in [0.15, 0.2) is 11.4 Å². The van der Waals surface area contributed by atoms with E-state index in [-0.39, 0.29) is 18.4 Å². The number of fused-ring (bicyclic) bond motifs is 1. The van der Waals surface area contributed by atoms with E-state index in [1.165, 1.54) is 19.4 Å². The van der Waals surface area contributed by atoms with Gasteiger partial charge in [-0.2, -0.15) is 9.49 Å². The van der Waals surface area contributed by atoms with E-state index in [1.807, 2.05) is 21.9 Å². The van der Waals surface area contributed by atoms with Gasteiger partial charge < -0.3 is 15.0 Å². The molecular formula is C32H30FN9O3S. The first kappa shape index (κ1) is 29.8. The molecule has 1 fully saturated rings. The number of hydrogen-bond donors (Lipinski definition) is 2. The number of pyridine rings is 1. The lowest BCUT2D eigenvalue weighted by Crippen LogP contribution is -2.48. The number of carbonyl (C=O) groups excluding carboxylic acids is 2. The van der Waals surface area contributed by atoms with E-state index in [9.17, 15) is 14.0 Å². The Hall–Kier alpha value is -4.92. The molecule has 1 atom stereocenters. The van der Waals surface area contributed by atoms with Gasteiger partial charge in [0.1, 0.15) is 10.7 Å². The van der Waals surface area contributed by atoms with Gasteiger partial charge in [-0.05, 0) is 54.8 Å². The highest BCUT2D eigenvalue weighted by atomic mass is 32.1. The van der Waals surface area contributed by atoms with Crippen LogP contribution in [0.4, 0.5) is 10.1 Å². The molecule has 234 valence electrons. The molecule has 7 rings (SSSR count). The molecule has 14 heteroatoms. The summed E-state index contributed by atoms with van der Waals surface area (Å²) in [7, 11) is 1.52. The van der Waals surface area contributed by atoms with Crippen molar-refractivity contribution < 1.29 is 18.7 Å². The molecule has 0 unspecified atom stereocenters. The molecule has 6 heterocycles. The van der Waals surface area contributed by atoms with Crippen LogP contribution in [-0.2, 0) is 14.3 Å². The number of benzene rings is 1. The van der Waals surface area contributed by atoms with Crippen molar-refractivity contribution in [2.75, 3.05) is 45.2 Å². The van der Waals surface area contributed by atoms with Gasteiger partial charge in [-0.1, -0.05) is 6.08 Å². The molecule has 0 radical (unpaired) electrons. The molecule has 0 aliphatic carbocycles. The fourth-order valence-corrected chi connectivity index (χ4v) is 6.78. The van der Waals surface area contributed by atoms with Gasteiger partial charge in [-0.3, -0.25) is 19.6 Å². The number of methoxy groups -OCH3 is 1. The van der Waals surface area contributed by atoms with Crippen LogP contribution < -0.4 is 5.32 Å². The second-order valence-electron chi connectivity index (χ2n) is 11.2. The van der Waals surface area contributed by atoms with Crippen molar-refractivity contribution in [2.24, 2.45) is 0 Å². The summed E-state index contributed by atoms with van der Waals surface area (Å²) in [5.41, 5.74) is 2.60. The number of ether oxygens (including phenoxy) is 1. The van der Waals surface area contributed by atoms with E-state index >= 15 is 0 Å². The predicted octanol–water partition coefficient (Wildman–Crippen LogP) is 4.02. The van der Waals surface area contributed by atoms with Gasteiger partial charge in [0.05, 0.1) is 16.9 Å². The van der Waals surface area contributed by atoms with Crippen LogP contribution in [0.1, 0.15) is 17.8 Å². The topological polar surface area (TPSA) is 142 Å². The summed E-state index contributed by atoms with van der Waals surface area (Å²) >= 11 is 1.55. The van der Waals surface area contributed by atoms with Crippen molar-refractivity contribution in [2.45, 2.75) is 18.4 Å². The van der Waals surface area contributed by atoms with Crippen LogP contribution in [-0.4, -0.2) is 97.2 Å². The SMILES string of the molecule is CO[C@@]1(C(=O)Nc2ccc3[nH]nc(-c4ccc(F)nc4)c3c2)CCN(CC(=O)N2CC=C(c3ncc(-c4ncccn4)s3)CC2)C1. The van der Waals surface area contributed by atoms with Crippen molar-refractivity contribution >= 4 is 45.3 Å². The minimum atomic E-state index is -1.10. The Kier molecular flexibility index (Phi) is 8.07. The Labute approximate surface area is 267 Å². The Balaban J connectivity index is 0.968. The largest absolute Gasteiger partial charge is 0.367 e. The van der Waals surface area contributed by atoms with E-state index in [0.717, 1.165) is 26.4 Å². The number of thiazole rings is 1. The van der Waals surface area contributed by atoms with Gasteiger partial charge in [0.2, 0.25) is 11.9 Å². The molecule has 0 spiro atoms. The standard InChI is InChI=1S/C32H30FN9O3S/c1-45-32(31(44)38-22-4-5-24-23(15-22)28(40-39-24)21-3-6-26(33)36-16-21)9-14-41(19-32)18-27(43)42-12-7-20(8-13-42)30-37-17-25(46-30)29-34-10-2-11-35-29/h2-7,10-11,15-17H,8-9,12-14,18-19H2,1H3,(H,38,44)(H,39,40)/t32-/m0/s1. The summed E-state index contributed by atoms with van der Waals surface area (Å²) in [6.07, 6.45) is 9.84. The number of hydrogen-bond acceptors (Lipinski definition) is 10. The highest BCUT2D eigenvalue weighted by Gasteiger charge is 2.45. The fraction of sp³-hybridized carbons (Fsp3) is 0.281. The Bertz CT molecular complexity index is 1930. The second-order valence-corrected chi connectivity index (χ2v) is 12.3. The average molecular weight is 640 g/mol. The highest BCUT2D eigenvalue weighted by Crippen LogP contribution is 2.32. The van der Waals surface area contributed by atoms with Crippen molar-refractivity contribution in [3.8, 4) is 22.0 Å². The number of nitrogens with zero attached hydrogens (tertiary/aromatic N) is 7. The third-order valence-corrected chi connectivity index (χ3v) is 9.49. The Morgan fingerprint density at radius 2 is 1.98 bits per heavy atom. The van der Waals surface area contributed by atoms with Crippen LogP contribution in [0.15, 0.2) is 67.3 Å². The number of amides is 2. The molecule has 46 heavy (non-hydrogen) atoms. The smallest absolute Gasteiger partial charge is 0.258 e. The molecule has 0 saturated carbocycles. The lowest BCUT2D eigenvalue weighted by Gasteiger charge is -2.29. The van der Waals surface area contributed by atoms with Crippen LogP contribution in [0, 0.1) is 5.95 Å². The first-order valence-corrected chi connectivity index (χ1v) is 15.6. The molecular weight excluding hydrogens is 609 g/mol. The number of H-pyrrole nitrogens is 1. The summed E-state index contributed by atoms with van der Waals surface area (Å²) in [5, 5.41) is 12.0. The molecule has 1 aromatic carbocycles. The molecule has 12 nitrogen and oxygen atoms in total. The van der Waals surface area contributed by atoms with Crippen LogP contribution in [0.3, 0.4) is 0 Å². The number of aromatic amines is 1. The minimum Gasteiger partial charge on any atom is -0.367 e. The third-order valence-electron chi connectivity index (χ3n) is 8.42. The summed E-state index contributed by atoms with van der Waals surface area (Å²) in [5.74, 6) is -0.199. The lowest BCUT2D eigenvalue weighted by atomic mass is 10.0. The summed E-state index contributed by atoms with van der Waals surface area (Å²) < 4.78 is 19.1. The van der Waals surface area contributed by atoms with Gasteiger partial charge in [-0.25, -0.2) is 19.9 Å². The number of anilines is 1. The van der Waals surface area contributed by atoms with Gasteiger partial charge in [-0.15, -0.1) is 11.3 Å². The van der Waals surface area contributed by atoms with E-state index < -0.39 is 11.5 Å². The lowest BCUT2D eigenvalue weighted by molar-refractivity contribution is -0.138. The van der Waals surface area contributed by atoms with Gasteiger partial charge in [0.25, 0.3) is 5.91 Å². The van der Waals surface area contributed by atoms with Crippen molar-refractivity contribution in [1.82, 2.24) is 39.9 Å². The monoisotopic (exact) mass is 639 g/mol. The van der Waals surface area contributed by atoms with Crippen LogP contribution in [0.2, 0.25) is 0 Å². The van der Waals surface area contributed by atoms with E-state index in [2.05, 4.69) is 41.5 Å². The second kappa shape index (κ2) is 12.5. The number of nitrogens with one attached hydrogen (secondary N) is 2. The number of likely N-dealkylation sites (tertiary alicyclic amines) is 1. The summed E-state index contributed by atoms with van der Waals surface area (Å²) in [6, 6.07) is 10.1. The molecule has 2 aliphatic rings. The van der Waals surface area contributed by atoms with E-state index in [0.29, 0.717) is 61.8 Å². The summed E-state index contributed by atoms with van der Waals surface area (Å²) in [4.78, 5) is 48.4. The first-order valence-electron chi connectivity index (χ1n) is 14.8. The number of rotatable bonds is 8. The maximum atomic E-state index is 13.6. The quantitative estimate of drug-likeness (QED) is 0.241. The number of halogens is 1. The summed E-state index contributed by atoms with van der Waals surface area (Å²) in [6.45, 7) is 2.14. The zero-order valence-electron chi connectivity index (χ0n) is 24.9. The fourth-order valence-electron chi connectivity index (χ4n) is 5.84. The Morgan fingerprint density at radius 3 is 2.74 bits per heavy atom. The average Bonchev–Trinajstić information content (AvgIpc) is 3.85. The highest BCUT2D eigenvalue weighted by molar-refractivity contribution is 7.16. The maximum absolute atomic E-state index is 13.6. The molecule has 2 amide bonds. The molecule has 2 aliphatic heterocycles. The number of carbonyl (C=O) groups is 2. The van der Waals surface area contributed by atoms with Gasteiger partial charge in [0, 0.05) is 74.7 Å². The van der Waals surface area contributed by atoms with Crippen molar-refractivity contribution in [1.29, 1.82) is 0 Å². The van der Waals surface area contributed by atoms with Crippen molar-refractivity contribution in [3.63, 3.8) is 0 Å². The zero-order chi connectivity index (χ0) is 31.7. The molecule has 2 N–H and O–H groups in total. The first-order chi connectivity index (χ1) is 22.4. The maximum Gasteiger partial charge on any atom is 0.258 e. The molecule has 1 saturated heterocycles. The van der Waals surface area contributed by atoms with Crippen molar-refractivity contribution in [3.05, 3.63) is 78.2 Å². The third kappa shape index (κ3) is 5.89. The van der Waals surface area contributed by atoms with E-state index in [4.69, 9.17) is 4.74 Å². The normalized spacial score (nSPS) is 18.6. The molecule has 5 aromatic rings. The van der Waals surface area contributed by atoms with Gasteiger partial charge >= 0.3 is 0 Å². The van der Waals surface area contributed by atoms with Crippen LogP contribution in [0.25, 0.3) is 38.4 Å². The molecule has 4 aromatic heterocycles. The number of aromatic nitrogens is 6. The molecule has 0 bridgehead atoms. The predicted molar refractivity (Wildman–Crippen MR) is 171 cm³/mol. The van der Waals surface area contributed by atoms with Crippen LogP contribution in [0.5, 0.6) is 0 Å². The minimum absolute atomic E-state index is 0.00773. The van der Waals surface area contributed by atoms with Crippen LogP contribution >= 0.6 is 11.3 Å². The van der Waals surface area contributed by atoms with E-state index in [1.54, 1.807) is 48.1 Å². The zero-order valence-corrected chi connectivity index (χ0v) is 25.8.